The molecule has 0 saturated carbocycles. The summed E-state index contributed by atoms with van der Waals surface area (Å²) in [6, 6.07) is 8.89. The van der Waals surface area contributed by atoms with Crippen molar-refractivity contribution in [2.75, 3.05) is 19.5 Å². The van der Waals surface area contributed by atoms with Crippen molar-refractivity contribution in [2.24, 2.45) is 0 Å². The van der Waals surface area contributed by atoms with Gasteiger partial charge in [-0.15, -0.1) is 0 Å². The molecule has 1 aliphatic rings. The molecule has 0 aromatic heterocycles. The number of hydrogen-bond donors (Lipinski definition) is 2. The first kappa shape index (κ1) is 15.4. The third-order valence-corrected chi connectivity index (χ3v) is 4.07. The van der Waals surface area contributed by atoms with Gasteiger partial charge in [0.25, 0.3) is 5.91 Å². The Hall–Kier alpha value is -2.47. The van der Waals surface area contributed by atoms with Gasteiger partial charge in [0.2, 0.25) is 5.75 Å². The molecule has 5 nitrogen and oxygen atoms in total. The van der Waals surface area contributed by atoms with Crippen LogP contribution in [0.3, 0.4) is 0 Å². The molecule has 1 aliphatic heterocycles. The third-order valence-electron chi connectivity index (χ3n) is 3.58. The van der Waals surface area contributed by atoms with E-state index in [0.717, 1.165) is 15.7 Å². The summed E-state index contributed by atoms with van der Waals surface area (Å²) >= 11 is 3.41. The number of fused-ring (bicyclic) bond motifs is 1. The molecule has 0 bridgehead atoms. The van der Waals surface area contributed by atoms with Gasteiger partial charge in [-0.3, -0.25) is 4.79 Å². The predicted molar refractivity (Wildman–Crippen MR) is 91.9 cm³/mol. The lowest BCUT2D eigenvalue weighted by Crippen LogP contribution is -2.03. The number of carbonyl (C=O) groups excluding carboxylic acids is 1. The minimum Gasteiger partial charge on any atom is -0.502 e. The van der Waals surface area contributed by atoms with Crippen LogP contribution in [-0.2, 0) is 4.79 Å². The highest BCUT2D eigenvalue weighted by Crippen LogP contribution is 2.40. The fraction of sp³-hybridized carbons (Fsp3) is 0.118. The Balaban J connectivity index is 2.13. The van der Waals surface area contributed by atoms with Crippen LogP contribution in [0.15, 0.2) is 34.8 Å². The van der Waals surface area contributed by atoms with E-state index in [1.807, 2.05) is 18.2 Å². The van der Waals surface area contributed by atoms with Gasteiger partial charge in [0.05, 0.1) is 14.2 Å². The molecule has 23 heavy (non-hydrogen) atoms. The maximum atomic E-state index is 12.2. The molecule has 1 heterocycles. The molecule has 118 valence electrons. The predicted octanol–water partition coefficient (Wildman–Crippen LogP) is 3.66. The van der Waals surface area contributed by atoms with Gasteiger partial charge in [0.1, 0.15) is 0 Å². The van der Waals surface area contributed by atoms with E-state index in [1.54, 1.807) is 18.2 Å². The second-order valence-corrected chi connectivity index (χ2v) is 5.89. The van der Waals surface area contributed by atoms with E-state index in [9.17, 15) is 9.90 Å². The minimum absolute atomic E-state index is 0.0730. The Labute approximate surface area is 141 Å². The average Bonchev–Trinajstić information content (AvgIpc) is 2.84. The molecule has 0 fully saturated rings. The largest absolute Gasteiger partial charge is 0.502 e. The Bertz CT molecular complexity index is 804. The maximum Gasteiger partial charge on any atom is 0.256 e. The van der Waals surface area contributed by atoms with E-state index in [0.29, 0.717) is 11.1 Å². The summed E-state index contributed by atoms with van der Waals surface area (Å²) < 4.78 is 11.2. The Morgan fingerprint density at radius 3 is 2.39 bits per heavy atom. The van der Waals surface area contributed by atoms with Crippen LogP contribution >= 0.6 is 15.9 Å². The number of benzene rings is 2. The van der Waals surface area contributed by atoms with Crippen molar-refractivity contribution in [3.05, 3.63) is 45.9 Å². The van der Waals surface area contributed by atoms with E-state index in [-0.39, 0.29) is 23.2 Å². The summed E-state index contributed by atoms with van der Waals surface area (Å²) in [6.45, 7) is 0. The molecule has 2 aromatic carbocycles. The van der Waals surface area contributed by atoms with E-state index in [1.165, 1.54) is 14.2 Å². The quantitative estimate of drug-likeness (QED) is 0.803. The molecule has 2 N–H and O–H groups in total. The number of phenolic OH excluding ortho intramolecular Hbond substituents is 1. The van der Waals surface area contributed by atoms with Gasteiger partial charge in [-0.1, -0.05) is 15.9 Å². The number of ether oxygens (including phenoxy) is 2. The second kappa shape index (κ2) is 5.96. The summed E-state index contributed by atoms with van der Waals surface area (Å²) in [5.41, 5.74) is 2.81. The highest BCUT2D eigenvalue weighted by molar-refractivity contribution is 9.10. The Kier molecular flexibility index (Phi) is 4.00. The number of nitrogens with one attached hydrogen (secondary N) is 1. The first-order valence-corrected chi connectivity index (χ1v) is 7.60. The molecule has 0 spiro atoms. The topological polar surface area (TPSA) is 67.8 Å². The van der Waals surface area contributed by atoms with Gasteiger partial charge in [-0.25, -0.2) is 0 Å². The lowest BCUT2D eigenvalue weighted by molar-refractivity contribution is -0.110. The standard InChI is InChI=1S/C17H14BrNO4/c1-22-14-6-9(7-15(23-2)16(14)20)5-12-11-8-10(18)3-4-13(11)19-17(12)21/h3-8,20H,1-2H3,(H,19,21)/b12-5-. The summed E-state index contributed by atoms with van der Waals surface area (Å²) in [5.74, 6) is 0.313. The number of rotatable bonds is 3. The van der Waals surface area contributed by atoms with Crippen molar-refractivity contribution >= 4 is 39.2 Å². The number of amides is 1. The van der Waals surface area contributed by atoms with Crippen molar-refractivity contribution in [1.82, 2.24) is 0 Å². The zero-order chi connectivity index (χ0) is 16.6. The van der Waals surface area contributed by atoms with Gasteiger partial charge in [-0.05, 0) is 42.0 Å². The summed E-state index contributed by atoms with van der Waals surface area (Å²) in [4.78, 5) is 12.2. The van der Waals surface area contributed by atoms with E-state index < -0.39 is 0 Å². The lowest BCUT2D eigenvalue weighted by Gasteiger charge is -2.10. The molecule has 6 heteroatoms. The van der Waals surface area contributed by atoms with Crippen LogP contribution in [0, 0.1) is 0 Å². The van der Waals surface area contributed by atoms with Gasteiger partial charge in [0, 0.05) is 21.3 Å². The molecule has 0 radical (unpaired) electrons. The summed E-state index contributed by atoms with van der Waals surface area (Å²) in [6.07, 6.45) is 1.73. The van der Waals surface area contributed by atoms with Gasteiger partial charge < -0.3 is 19.9 Å². The van der Waals surface area contributed by atoms with Crippen molar-refractivity contribution in [2.45, 2.75) is 0 Å². The van der Waals surface area contributed by atoms with Crippen LogP contribution in [0.4, 0.5) is 5.69 Å². The molecule has 0 aliphatic carbocycles. The van der Waals surface area contributed by atoms with Gasteiger partial charge in [0.15, 0.2) is 11.5 Å². The zero-order valence-corrected chi connectivity index (χ0v) is 14.1. The maximum absolute atomic E-state index is 12.2. The molecule has 1 amide bonds. The van der Waals surface area contributed by atoms with Crippen molar-refractivity contribution < 1.29 is 19.4 Å². The highest BCUT2D eigenvalue weighted by atomic mass is 79.9. The average molecular weight is 376 g/mol. The van der Waals surface area contributed by atoms with Crippen molar-refractivity contribution in [3.8, 4) is 17.2 Å². The first-order valence-electron chi connectivity index (χ1n) is 6.81. The van der Waals surface area contributed by atoms with Crippen molar-refractivity contribution in [1.29, 1.82) is 0 Å². The minimum atomic E-state index is -0.177. The highest BCUT2D eigenvalue weighted by Gasteiger charge is 2.24. The molecule has 0 atom stereocenters. The number of anilines is 1. The van der Waals surface area contributed by atoms with Crippen molar-refractivity contribution in [3.63, 3.8) is 0 Å². The fourth-order valence-corrected chi connectivity index (χ4v) is 2.83. The van der Waals surface area contributed by atoms with Crippen LogP contribution in [0.2, 0.25) is 0 Å². The monoisotopic (exact) mass is 375 g/mol. The molecule has 2 aromatic rings. The number of hydrogen-bond acceptors (Lipinski definition) is 4. The van der Waals surface area contributed by atoms with Crippen LogP contribution in [0.1, 0.15) is 11.1 Å². The molecule has 0 saturated heterocycles. The summed E-state index contributed by atoms with van der Waals surface area (Å²) in [7, 11) is 2.92. The van der Waals surface area contributed by atoms with Crippen LogP contribution in [0.25, 0.3) is 11.6 Å². The van der Waals surface area contributed by atoms with Gasteiger partial charge >= 0.3 is 0 Å². The van der Waals surface area contributed by atoms with Crippen LogP contribution in [0.5, 0.6) is 17.2 Å². The SMILES string of the molecule is COc1cc(/C=C2\C(=O)Nc3ccc(Br)cc32)cc(OC)c1O. The third kappa shape index (κ3) is 2.77. The fourth-order valence-electron chi connectivity index (χ4n) is 2.47. The van der Waals surface area contributed by atoms with Gasteiger partial charge in [-0.2, -0.15) is 0 Å². The number of halogens is 1. The molecular formula is C17H14BrNO4. The normalized spacial score (nSPS) is 14.6. The van der Waals surface area contributed by atoms with Crippen LogP contribution in [-0.4, -0.2) is 25.2 Å². The van der Waals surface area contributed by atoms with Crippen LogP contribution < -0.4 is 14.8 Å². The molecule has 0 unspecified atom stereocenters. The number of phenols is 1. The van der Waals surface area contributed by atoms with E-state index >= 15 is 0 Å². The number of aromatic hydroxyl groups is 1. The Morgan fingerprint density at radius 1 is 1.13 bits per heavy atom. The smallest absolute Gasteiger partial charge is 0.256 e. The zero-order valence-electron chi connectivity index (χ0n) is 12.5. The van der Waals surface area contributed by atoms with E-state index in [2.05, 4.69) is 21.2 Å². The lowest BCUT2D eigenvalue weighted by atomic mass is 10.0. The number of carbonyl (C=O) groups is 1. The number of methoxy groups -OCH3 is 2. The Morgan fingerprint density at radius 2 is 1.78 bits per heavy atom. The second-order valence-electron chi connectivity index (χ2n) is 4.98. The first-order chi connectivity index (χ1) is 11.0. The van der Waals surface area contributed by atoms with E-state index in [4.69, 9.17) is 9.47 Å². The summed E-state index contributed by atoms with van der Waals surface area (Å²) in [5, 5.41) is 12.8. The molecule has 3 rings (SSSR count). The molecular weight excluding hydrogens is 362 g/mol.